The molecule has 166 valence electrons. The molecule has 1 aromatic carbocycles. The number of nitrogens with one attached hydrogen (secondary N) is 1. The molecule has 8 nitrogen and oxygen atoms in total. The van der Waals surface area contributed by atoms with Crippen molar-refractivity contribution in [2.45, 2.75) is 6.54 Å². The summed E-state index contributed by atoms with van der Waals surface area (Å²) < 4.78 is 13.1. The normalized spacial score (nSPS) is 14.3. The zero-order valence-electron chi connectivity index (χ0n) is 18.2. The number of piperazine rings is 1. The quantitative estimate of drug-likeness (QED) is 0.638. The van der Waals surface area contributed by atoms with E-state index in [2.05, 4.69) is 37.1 Å². The van der Waals surface area contributed by atoms with Gasteiger partial charge in [-0.2, -0.15) is 0 Å². The maximum absolute atomic E-state index is 13.1. The van der Waals surface area contributed by atoms with Crippen LogP contribution >= 0.6 is 0 Å². The molecule has 0 spiro atoms. The van der Waals surface area contributed by atoms with Gasteiger partial charge in [0.25, 0.3) is 5.91 Å². The number of halogens is 1. The third kappa shape index (κ3) is 5.36. The topological polar surface area (TPSA) is 77.5 Å². The van der Waals surface area contributed by atoms with Gasteiger partial charge in [-0.3, -0.25) is 4.79 Å². The second-order valence-corrected chi connectivity index (χ2v) is 7.89. The van der Waals surface area contributed by atoms with Gasteiger partial charge in [-0.05, 0) is 36.9 Å². The number of carbonyl (C=O) groups is 1. The fourth-order valence-electron chi connectivity index (χ4n) is 3.50. The minimum absolute atomic E-state index is 0.254. The zero-order valence-corrected chi connectivity index (χ0v) is 18.2. The van der Waals surface area contributed by atoms with E-state index in [0.29, 0.717) is 18.1 Å². The fraction of sp³-hybridized carbons (Fsp3) is 0.304. The van der Waals surface area contributed by atoms with Crippen LogP contribution in [0.25, 0.3) is 0 Å². The van der Waals surface area contributed by atoms with Gasteiger partial charge in [-0.1, -0.05) is 12.1 Å². The maximum Gasteiger partial charge on any atom is 0.274 e. The molecule has 0 radical (unpaired) electrons. The summed E-state index contributed by atoms with van der Waals surface area (Å²) >= 11 is 0. The highest BCUT2D eigenvalue weighted by atomic mass is 19.1. The number of likely N-dealkylation sites (N-methyl/N-ethyl adjacent to an activating group) is 1. The van der Waals surface area contributed by atoms with Gasteiger partial charge in [0, 0.05) is 45.8 Å². The largest absolute Gasteiger partial charge is 0.355 e. The SMILES string of the molecule is CN1CCN(c2ccc(NC(=O)c3cc(N(C)Cc4ccc(F)cc4)ncn3)cn2)CC1. The Balaban J connectivity index is 1.38. The van der Waals surface area contributed by atoms with Gasteiger partial charge in [0.05, 0.1) is 11.9 Å². The Bertz CT molecular complexity index is 1050. The Labute approximate surface area is 186 Å². The number of amides is 1. The lowest BCUT2D eigenvalue weighted by atomic mass is 10.2. The number of hydrogen-bond donors (Lipinski definition) is 1. The average Bonchev–Trinajstić information content (AvgIpc) is 2.82. The van der Waals surface area contributed by atoms with E-state index in [0.717, 1.165) is 37.6 Å². The lowest BCUT2D eigenvalue weighted by Gasteiger charge is -2.33. The summed E-state index contributed by atoms with van der Waals surface area (Å²) in [6.07, 6.45) is 3.02. The summed E-state index contributed by atoms with van der Waals surface area (Å²) in [5, 5.41) is 2.84. The van der Waals surface area contributed by atoms with Gasteiger partial charge >= 0.3 is 0 Å². The standard InChI is InChI=1S/C23H26FN7O/c1-29-9-11-31(12-10-29)21-8-7-19(14-25-21)28-23(32)20-13-22(27-16-26-20)30(2)15-17-3-5-18(24)6-4-17/h3-8,13-14,16H,9-12,15H2,1-2H3,(H,28,32). The summed E-state index contributed by atoms with van der Waals surface area (Å²) in [7, 11) is 3.97. The van der Waals surface area contributed by atoms with E-state index >= 15 is 0 Å². The molecule has 1 N–H and O–H groups in total. The summed E-state index contributed by atoms with van der Waals surface area (Å²) in [6, 6.07) is 11.7. The Kier molecular flexibility index (Phi) is 6.55. The Morgan fingerprint density at radius 2 is 1.81 bits per heavy atom. The lowest BCUT2D eigenvalue weighted by Crippen LogP contribution is -2.44. The van der Waals surface area contributed by atoms with E-state index < -0.39 is 0 Å². The van der Waals surface area contributed by atoms with Gasteiger partial charge in [-0.25, -0.2) is 19.3 Å². The zero-order chi connectivity index (χ0) is 22.5. The first-order valence-electron chi connectivity index (χ1n) is 10.5. The highest BCUT2D eigenvalue weighted by molar-refractivity contribution is 6.03. The minimum atomic E-state index is -0.335. The fourth-order valence-corrected chi connectivity index (χ4v) is 3.50. The van der Waals surface area contributed by atoms with E-state index in [1.807, 2.05) is 24.1 Å². The van der Waals surface area contributed by atoms with Gasteiger partial charge in [0.15, 0.2) is 0 Å². The van der Waals surface area contributed by atoms with Crippen molar-refractivity contribution < 1.29 is 9.18 Å². The second-order valence-electron chi connectivity index (χ2n) is 7.89. The van der Waals surface area contributed by atoms with Crippen LogP contribution in [0.5, 0.6) is 0 Å². The molecule has 0 unspecified atom stereocenters. The van der Waals surface area contributed by atoms with Crippen LogP contribution in [0.4, 0.5) is 21.7 Å². The third-order valence-corrected chi connectivity index (χ3v) is 5.44. The van der Waals surface area contributed by atoms with Crippen molar-refractivity contribution in [2.75, 3.05) is 55.4 Å². The van der Waals surface area contributed by atoms with Crippen LogP contribution in [0.15, 0.2) is 55.0 Å². The highest BCUT2D eigenvalue weighted by Gasteiger charge is 2.16. The second kappa shape index (κ2) is 9.69. The number of pyridine rings is 1. The Hall–Kier alpha value is -3.59. The van der Waals surface area contributed by atoms with Crippen molar-refractivity contribution in [3.8, 4) is 0 Å². The van der Waals surface area contributed by atoms with Crippen molar-refractivity contribution in [3.63, 3.8) is 0 Å². The first-order valence-corrected chi connectivity index (χ1v) is 10.5. The van der Waals surface area contributed by atoms with Crippen molar-refractivity contribution in [2.24, 2.45) is 0 Å². The van der Waals surface area contributed by atoms with Gasteiger partial charge < -0.3 is 20.0 Å². The molecule has 3 heterocycles. The summed E-state index contributed by atoms with van der Waals surface area (Å²) in [4.78, 5) is 32.0. The van der Waals surface area contributed by atoms with Crippen LogP contribution in [-0.2, 0) is 6.54 Å². The van der Waals surface area contributed by atoms with E-state index in [9.17, 15) is 9.18 Å². The highest BCUT2D eigenvalue weighted by Crippen LogP contribution is 2.18. The molecule has 0 aliphatic carbocycles. The van der Waals surface area contributed by atoms with Crippen molar-refractivity contribution in [1.29, 1.82) is 0 Å². The van der Waals surface area contributed by atoms with E-state index in [-0.39, 0.29) is 17.4 Å². The van der Waals surface area contributed by atoms with Crippen molar-refractivity contribution in [1.82, 2.24) is 19.9 Å². The predicted molar refractivity (Wildman–Crippen MR) is 122 cm³/mol. The number of hydrogen-bond acceptors (Lipinski definition) is 7. The molecule has 1 fully saturated rings. The van der Waals surface area contributed by atoms with Crippen LogP contribution in [0.1, 0.15) is 16.1 Å². The average molecular weight is 436 g/mol. The number of aromatic nitrogens is 3. The van der Waals surface area contributed by atoms with Gasteiger partial charge in [0.2, 0.25) is 0 Å². The molecule has 1 aliphatic rings. The molecular formula is C23H26FN7O. The first-order chi connectivity index (χ1) is 15.5. The van der Waals surface area contributed by atoms with Crippen LogP contribution in [-0.4, -0.2) is 66.0 Å². The summed E-state index contributed by atoms with van der Waals surface area (Å²) in [5.74, 6) is 0.891. The summed E-state index contributed by atoms with van der Waals surface area (Å²) in [6.45, 7) is 4.41. The molecule has 1 amide bonds. The molecule has 32 heavy (non-hydrogen) atoms. The van der Waals surface area contributed by atoms with Crippen molar-refractivity contribution >= 4 is 23.2 Å². The Morgan fingerprint density at radius 3 is 2.50 bits per heavy atom. The van der Waals surface area contributed by atoms with E-state index in [1.54, 1.807) is 24.4 Å². The van der Waals surface area contributed by atoms with Gasteiger partial charge in [0.1, 0.15) is 29.5 Å². The first kappa shape index (κ1) is 21.6. The molecule has 1 saturated heterocycles. The monoisotopic (exact) mass is 435 g/mol. The van der Waals surface area contributed by atoms with Crippen LogP contribution in [0.2, 0.25) is 0 Å². The molecule has 0 atom stereocenters. The maximum atomic E-state index is 13.1. The molecule has 1 aliphatic heterocycles. The van der Waals surface area contributed by atoms with E-state index in [1.165, 1.54) is 18.5 Å². The van der Waals surface area contributed by atoms with Gasteiger partial charge in [-0.15, -0.1) is 0 Å². The number of carbonyl (C=O) groups excluding carboxylic acids is 1. The molecule has 9 heteroatoms. The van der Waals surface area contributed by atoms with E-state index in [4.69, 9.17) is 0 Å². The number of anilines is 3. The molecule has 3 aromatic rings. The molecule has 0 bridgehead atoms. The van der Waals surface area contributed by atoms with Crippen molar-refractivity contribution in [3.05, 3.63) is 72.1 Å². The lowest BCUT2D eigenvalue weighted by molar-refractivity contribution is 0.102. The number of nitrogens with zero attached hydrogens (tertiary/aromatic N) is 6. The number of rotatable bonds is 6. The Morgan fingerprint density at radius 1 is 1.06 bits per heavy atom. The third-order valence-electron chi connectivity index (χ3n) is 5.44. The minimum Gasteiger partial charge on any atom is -0.355 e. The smallest absolute Gasteiger partial charge is 0.274 e. The molecule has 4 rings (SSSR count). The molecule has 2 aromatic heterocycles. The van der Waals surface area contributed by atoms with Crippen LogP contribution < -0.4 is 15.1 Å². The molecule has 0 saturated carbocycles. The van der Waals surface area contributed by atoms with Crippen LogP contribution in [0.3, 0.4) is 0 Å². The van der Waals surface area contributed by atoms with Crippen LogP contribution in [0, 0.1) is 5.82 Å². The summed E-state index contributed by atoms with van der Waals surface area (Å²) in [5.41, 5.74) is 1.79. The molecular weight excluding hydrogens is 409 g/mol. The predicted octanol–water partition coefficient (Wildman–Crippen LogP) is 2.65. The number of benzene rings is 1.